The van der Waals surface area contributed by atoms with E-state index in [4.69, 9.17) is 5.84 Å². The summed E-state index contributed by atoms with van der Waals surface area (Å²) in [5.74, 6) is 3.93. The number of halogens is 1. The van der Waals surface area contributed by atoms with Crippen LogP contribution in [0.2, 0.25) is 0 Å². The first-order chi connectivity index (χ1) is 8.15. The second-order valence-corrected chi connectivity index (χ2v) is 3.55. The summed E-state index contributed by atoms with van der Waals surface area (Å²) in [6.07, 6.45) is 2.18. The molecule has 94 valence electrons. The van der Waals surface area contributed by atoms with Crippen LogP contribution >= 0.6 is 0 Å². The van der Waals surface area contributed by atoms with Crippen LogP contribution in [-0.4, -0.2) is 28.9 Å². The van der Waals surface area contributed by atoms with E-state index >= 15 is 0 Å². The van der Waals surface area contributed by atoms with Gasteiger partial charge < -0.3 is 10.3 Å². The predicted octanol–water partition coefficient (Wildman–Crippen LogP) is 1.38. The lowest BCUT2D eigenvalue weighted by atomic mass is 10.2. The molecule has 1 rings (SSSR count). The minimum atomic E-state index is -0.713. The molecule has 0 aliphatic carbocycles. The molecule has 0 aliphatic heterocycles. The number of carbonyl (C=O) groups is 1. The number of nitrogen functional groups attached to an aromatic ring is 1. The zero-order valence-corrected chi connectivity index (χ0v) is 10.0. The maximum Gasteiger partial charge on any atom is 0.257 e. The number of nitrogens with zero attached hydrogens (tertiary/aromatic N) is 2. The molecule has 6 heteroatoms. The number of aromatic nitrogens is 1. The van der Waals surface area contributed by atoms with E-state index in [1.807, 2.05) is 13.8 Å². The Morgan fingerprint density at radius 3 is 2.82 bits per heavy atom. The smallest absolute Gasteiger partial charge is 0.257 e. The van der Waals surface area contributed by atoms with Gasteiger partial charge in [0.25, 0.3) is 5.91 Å². The molecule has 0 bridgehead atoms. The van der Waals surface area contributed by atoms with Gasteiger partial charge in [0.15, 0.2) is 11.6 Å². The van der Waals surface area contributed by atoms with Crippen molar-refractivity contribution in [3.8, 4) is 0 Å². The van der Waals surface area contributed by atoms with Gasteiger partial charge in [-0.3, -0.25) is 4.79 Å². The number of amides is 1. The molecule has 1 aromatic heterocycles. The highest BCUT2D eigenvalue weighted by Gasteiger charge is 2.19. The van der Waals surface area contributed by atoms with Crippen LogP contribution in [0.15, 0.2) is 12.3 Å². The number of anilines is 1. The van der Waals surface area contributed by atoms with E-state index in [1.54, 1.807) is 4.90 Å². The third kappa shape index (κ3) is 2.91. The molecule has 0 aromatic carbocycles. The van der Waals surface area contributed by atoms with Crippen molar-refractivity contribution >= 4 is 11.7 Å². The molecule has 3 N–H and O–H groups in total. The Bertz CT molecular complexity index is 397. The Hall–Kier alpha value is -1.69. The Morgan fingerprint density at radius 1 is 1.59 bits per heavy atom. The summed E-state index contributed by atoms with van der Waals surface area (Å²) in [5.41, 5.74) is 2.11. The van der Waals surface area contributed by atoms with Crippen molar-refractivity contribution in [2.24, 2.45) is 5.84 Å². The van der Waals surface area contributed by atoms with Crippen LogP contribution in [0.1, 0.15) is 30.6 Å². The average Bonchev–Trinajstić information content (AvgIpc) is 2.35. The van der Waals surface area contributed by atoms with Crippen LogP contribution in [0.4, 0.5) is 10.2 Å². The van der Waals surface area contributed by atoms with Crippen molar-refractivity contribution in [2.45, 2.75) is 20.3 Å². The number of nitrogens with one attached hydrogen (secondary N) is 1. The normalized spacial score (nSPS) is 10.1. The van der Waals surface area contributed by atoms with E-state index in [1.165, 1.54) is 12.3 Å². The molecule has 1 heterocycles. The number of rotatable bonds is 5. The quantitative estimate of drug-likeness (QED) is 0.602. The molecule has 0 saturated heterocycles. The largest absolute Gasteiger partial charge is 0.339 e. The van der Waals surface area contributed by atoms with Gasteiger partial charge in [0.05, 0.1) is 5.56 Å². The summed E-state index contributed by atoms with van der Waals surface area (Å²) < 4.78 is 13.8. The van der Waals surface area contributed by atoms with Gasteiger partial charge >= 0.3 is 0 Å². The van der Waals surface area contributed by atoms with E-state index in [2.05, 4.69) is 10.4 Å². The number of hydrogen-bond acceptors (Lipinski definition) is 4. The number of hydrogen-bond donors (Lipinski definition) is 2. The fraction of sp³-hybridized carbons (Fsp3) is 0.455. The Balaban J connectivity index is 3.02. The van der Waals surface area contributed by atoms with Gasteiger partial charge in [-0.2, -0.15) is 0 Å². The van der Waals surface area contributed by atoms with Gasteiger partial charge in [0.2, 0.25) is 0 Å². The summed E-state index contributed by atoms with van der Waals surface area (Å²) in [7, 11) is 0. The maximum atomic E-state index is 13.8. The highest BCUT2D eigenvalue weighted by molar-refractivity contribution is 5.95. The Morgan fingerprint density at radius 2 is 2.29 bits per heavy atom. The molecular formula is C11H17FN4O. The number of nitrogens with two attached hydrogens (primary N) is 1. The average molecular weight is 240 g/mol. The Labute approximate surface area is 99.8 Å². The summed E-state index contributed by atoms with van der Waals surface area (Å²) >= 11 is 0. The number of hydrazine groups is 1. The van der Waals surface area contributed by atoms with Crippen molar-refractivity contribution in [1.82, 2.24) is 9.88 Å². The van der Waals surface area contributed by atoms with Gasteiger partial charge in [0.1, 0.15) is 0 Å². The minimum Gasteiger partial charge on any atom is -0.339 e. The first-order valence-electron chi connectivity index (χ1n) is 5.56. The number of pyridine rings is 1. The Kier molecular flexibility index (Phi) is 4.84. The van der Waals surface area contributed by atoms with Gasteiger partial charge in [-0.05, 0) is 19.4 Å². The van der Waals surface area contributed by atoms with Crippen LogP contribution in [0, 0.1) is 5.82 Å². The summed E-state index contributed by atoms with van der Waals surface area (Å²) in [5, 5.41) is 0. The van der Waals surface area contributed by atoms with E-state index in [0.29, 0.717) is 13.1 Å². The monoisotopic (exact) mass is 240 g/mol. The van der Waals surface area contributed by atoms with Gasteiger partial charge in [-0.25, -0.2) is 15.2 Å². The van der Waals surface area contributed by atoms with Crippen LogP contribution in [0.25, 0.3) is 0 Å². The van der Waals surface area contributed by atoms with Crippen molar-refractivity contribution in [3.63, 3.8) is 0 Å². The van der Waals surface area contributed by atoms with Crippen LogP contribution < -0.4 is 11.3 Å². The van der Waals surface area contributed by atoms with E-state index in [9.17, 15) is 9.18 Å². The third-order valence-electron chi connectivity index (χ3n) is 2.42. The molecule has 1 amide bonds. The van der Waals surface area contributed by atoms with E-state index in [0.717, 1.165) is 6.42 Å². The first-order valence-corrected chi connectivity index (χ1v) is 5.56. The lowest BCUT2D eigenvalue weighted by Gasteiger charge is -2.20. The predicted molar refractivity (Wildman–Crippen MR) is 63.9 cm³/mol. The molecule has 17 heavy (non-hydrogen) atoms. The highest BCUT2D eigenvalue weighted by atomic mass is 19.1. The van der Waals surface area contributed by atoms with Crippen molar-refractivity contribution in [2.75, 3.05) is 18.5 Å². The SMILES string of the molecule is CCCN(CC)C(=O)c1ccnc(NN)c1F. The van der Waals surface area contributed by atoms with Crippen LogP contribution in [-0.2, 0) is 0 Å². The number of carbonyl (C=O) groups excluding carboxylic acids is 1. The summed E-state index contributed by atoms with van der Waals surface area (Å²) in [6.45, 7) is 4.96. The molecule has 0 fully saturated rings. The van der Waals surface area contributed by atoms with E-state index < -0.39 is 5.82 Å². The second-order valence-electron chi connectivity index (χ2n) is 3.55. The molecule has 0 atom stereocenters. The fourth-order valence-corrected chi connectivity index (χ4v) is 1.55. The highest BCUT2D eigenvalue weighted by Crippen LogP contribution is 2.16. The van der Waals surface area contributed by atoms with Crippen LogP contribution in [0.3, 0.4) is 0 Å². The minimum absolute atomic E-state index is 0.0109. The maximum absolute atomic E-state index is 13.8. The first kappa shape index (κ1) is 13.4. The molecule has 0 spiro atoms. The fourth-order valence-electron chi connectivity index (χ4n) is 1.55. The summed E-state index contributed by atoms with van der Waals surface area (Å²) in [4.78, 5) is 17.3. The van der Waals surface area contributed by atoms with Crippen LogP contribution in [0.5, 0.6) is 0 Å². The van der Waals surface area contributed by atoms with Crippen molar-refractivity contribution in [1.29, 1.82) is 0 Å². The third-order valence-corrected chi connectivity index (χ3v) is 2.42. The zero-order valence-electron chi connectivity index (χ0n) is 10.0. The van der Waals surface area contributed by atoms with Gasteiger partial charge in [0, 0.05) is 19.3 Å². The van der Waals surface area contributed by atoms with Gasteiger partial charge in [-0.1, -0.05) is 6.92 Å². The standard InChI is InChI=1S/C11H17FN4O/c1-3-7-16(4-2)11(17)8-5-6-14-10(15-13)9(8)12/h5-6H,3-4,7,13H2,1-2H3,(H,14,15). The lowest BCUT2D eigenvalue weighted by molar-refractivity contribution is 0.0759. The van der Waals surface area contributed by atoms with Gasteiger partial charge in [-0.15, -0.1) is 0 Å². The van der Waals surface area contributed by atoms with Crippen molar-refractivity contribution < 1.29 is 9.18 Å². The molecule has 5 nitrogen and oxygen atoms in total. The molecule has 0 saturated carbocycles. The summed E-state index contributed by atoms with van der Waals surface area (Å²) in [6, 6.07) is 1.36. The second kappa shape index (κ2) is 6.15. The van der Waals surface area contributed by atoms with Crippen molar-refractivity contribution in [3.05, 3.63) is 23.6 Å². The molecule has 0 aliphatic rings. The van der Waals surface area contributed by atoms with E-state index in [-0.39, 0.29) is 17.3 Å². The molecule has 0 unspecified atom stereocenters. The zero-order chi connectivity index (χ0) is 12.8. The molecule has 1 aromatic rings. The molecular weight excluding hydrogens is 223 g/mol. The molecule has 0 radical (unpaired) electrons. The topological polar surface area (TPSA) is 71.2 Å². The lowest BCUT2D eigenvalue weighted by Crippen LogP contribution is -2.32.